The summed E-state index contributed by atoms with van der Waals surface area (Å²) in [6.07, 6.45) is 0.276. The fraction of sp³-hybridized carbons (Fsp3) is 0.273. The molecule has 0 unspecified atom stereocenters. The number of methoxy groups -OCH3 is 2. The summed E-state index contributed by atoms with van der Waals surface area (Å²) in [6, 6.07) is 13.5. The van der Waals surface area contributed by atoms with Crippen LogP contribution < -0.4 is 35.0 Å². The topological polar surface area (TPSA) is 186 Å². The van der Waals surface area contributed by atoms with E-state index in [4.69, 9.17) is 28.8 Å². The van der Waals surface area contributed by atoms with Crippen LogP contribution in [0, 0.1) is 0 Å². The van der Waals surface area contributed by atoms with Crippen molar-refractivity contribution in [3.05, 3.63) is 92.6 Å². The Kier molecular flexibility index (Phi) is 12.2. The van der Waals surface area contributed by atoms with Gasteiger partial charge in [-0.2, -0.15) is 5.10 Å². The standard InChI is InChI=1S/C33H35BrN4O10/c1-5-46-26-12-21(30-29(32(42)45-4)18(2)36-33(43)37-30)10-11-24(26)48-17-28(39)38-35-15-22-13-25(44-3)27(14-23(22)34)47-16-19-6-8-20(9-7-19)31(40)41/h6-15,28,30,38-39H,5,16-17H2,1-4H3,(H,40,41)(H2,36,37,43)/b35-15-/t28-,30-/m1/s1. The first kappa shape index (κ1) is 35.6. The number of amides is 2. The van der Waals surface area contributed by atoms with E-state index in [1.165, 1.54) is 32.6 Å². The highest BCUT2D eigenvalue weighted by atomic mass is 79.9. The third-order valence-electron chi connectivity index (χ3n) is 6.98. The lowest BCUT2D eigenvalue weighted by molar-refractivity contribution is -0.136. The summed E-state index contributed by atoms with van der Waals surface area (Å²) in [6.45, 7) is 3.72. The van der Waals surface area contributed by atoms with Gasteiger partial charge in [-0.1, -0.05) is 18.2 Å². The van der Waals surface area contributed by atoms with Crippen molar-refractivity contribution in [1.29, 1.82) is 0 Å². The molecule has 0 aliphatic carbocycles. The van der Waals surface area contributed by atoms with Crippen molar-refractivity contribution < 1.29 is 48.3 Å². The Hall–Kier alpha value is -5.28. The highest BCUT2D eigenvalue weighted by Gasteiger charge is 2.32. The van der Waals surface area contributed by atoms with Crippen LogP contribution in [0.5, 0.6) is 23.0 Å². The number of urea groups is 1. The van der Waals surface area contributed by atoms with Crippen LogP contribution in [-0.4, -0.2) is 68.1 Å². The normalized spacial score (nSPS) is 14.9. The Morgan fingerprint density at radius 2 is 1.75 bits per heavy atom. The minimum absolute atomic E-state index is 0.187. The van der Waals surface area contributed by atoms with Crippen LogP contribution in [0.15, 0.2) is 75.4 Å². The van der Waals surface area contributed by atoms with Gasteiger partial charge in [-0.05, 0) is 77.3 Å². The lowest BCUT2D eigenvalue weighted by Crippen LogP contribution is -2.45. The molecular formula is C33H35BrN4O10. The summed E-state index contributed by atoms with van der Waals surface area (Å²) in [5, 5.41) is 29.0. The summed E-state index contributed by atoms with van der Waals surface area (Å²) in [4.78, 5) is 35.7. The van der Waals surface area contributed by atoms with E-state index in [-0.39, 0.29) is 24.4 Å². The molecule has 0 spiro atoms. The van der Waals surface area contributed by atoms with Gasteiger partial charge < -0.3 is 44.5 Å². The molecular weight excluding hydrogens is 692 g/mol. The Morgan fingerprint density at radius 3 is 2.42 bits per heavy atom. The maximum absolute atomic E-state index is 12.5. The van der Waals surface area contributed by atoms with Crippen LogP contribution in [0.2, 0.25) is 0 Å². The van der Waals surface area contributed by atoms with Gasteiger partial charge >= 0.3 is 18.0 Å². The third kappa shape index (κ3) is 8.95. The molecule has 1 aliphatic rings. The number of nitrogens with one attached hydrogen (secondary N) is 3. The molecule has 2 amide bonds. The van der Waals surface area contributed by atoms with E-state index >= 15 is 0 Å². The van der Waals surface area contributed by atoms with Crippen LogP contribution in [0.4, 0.5) is 4.79 Å². The molecule has 5 N–H and O–H groups in total. The van der Waals surface area contributed by atoms with Crippen molar-refractivity contribution in [2.45, 2.75) is 32.7 Å². The van der Waals surface area contributed by atoms with E-state index < -0.39 is 30.2 Å². The molecule has 0 fully saturated rings. The van der Waals surface area contributed by atoms with E-state index in [0.29, 0.717) is 50.9 Å². The number of hydrogen-bond donors (Lipinski definition) is 5. The van der Waals surface area contributed by atoms with Crippen molar-refractivity contribution in [3.8, 4) is 23.0 Å². The van der Waals surface area contributed by atoms with Gasteiger partial charge in [0.15, 0.2) is 29.2 Å². The molecule has 0 bridgehead atoms. The molecule has 4 rings (SSSR count). The average Bonchev–Trinajstić information content (AvgIpc) is 3.07. The van der Waals surface area contributed by atoms with Crippen LogP contribution >= 0.6 is 15.9 Å². The minimum Gasteiger partial charge on any atom is -0.493 e. The van der Waals surface area contributed by atoms with E-state index in [9.17, 15) is 19.5 Å². The van der Waals surface area contributed by atoms with Crippen molar-refractivity contribution in [1.82, 2.24) is 16.1 Å². The molecule has 0 aromatic heterocycles. The van der Waals surface area contributed by atoms with Crippen LogP contribution in [-0.2, 0) is 16.1 Å². The predicted molar refractivity (Wildman–Crippen MR) is 177 cm³/mol. The van der Waals surface area contributed by atoms with Crippen molar-refractivity contribution in [2.75, 3.05) is 27.4 Å². The second kappa shape index (κ2) is 16.5. The second-order valence-electron chi connectivity index (χ2n) is 10.2. The highest BCUT2D eigenvalue weighted by molar-refractivity contribution is 9.10. The molecule has 254 valence electrons. The summed E-state index contributed by atoms with van der Waals surface area (Å²) >= 11 is 3.49. The van der Waals surface area contributed by atoms with Crippen molar-refractivity contribution >= 4 is 40.1 Å². The number of halogens is 1. The van der Waals surface area contributed by atoms with Gasteiger partial charge in [0, 0.05) is 15.7 Å². The number of carboxylic acids is 1. The second-order valence-corrected chi connectivity index (χ2v) is 11.1. The fourth-order valence-corrected chi connectivity index (χ4v) is 5.07. The van der Waals surface area contributed by atoms with Gasteiger partial charge in [0.25, 0.3) is 0 Å². The third-order valence-corrected chi connectivity index (χ3v) is 7.66. The number of ether oxygens (including phenoxy) is 5. The van der Waals surface area contributed by atoms with Gasteiger partial charge in [0.05, 0.1) is 44.2 Å². The number of aromatic carboxylic acids is 1. The zero-order valence-electron chi connectivity index (χ0n) is 26.5. The van der Waals surface area contributed by atoms with Gasteiger partial charge in [0.1, 0.15) is 13.2 Å². The molecule has 14 nitrogen and oxygen atoms in total. The Balaban J connectivity index is 1.38. The monoisotopic (exact) mass is 726 g/mol. The van der Waals surface area contributed by atoms with Crippen molar-refractivity contribution in [2.24, 2.45) is 5.10 Å². The summed E-state index contributed by atoms with van der Waals surface area (Å²) < 4.78 is 28.5. The number of nitrogens with zero attached hydrogens (tertiary/aromatic N) is 1. The zero-order valence-corrected chi connectivity index (χ0v) is 28.1. The summed E-state index contributed by atoms with van der Waals surface area (Å²) in [7, 11) is 2.76. The smallest absolute Gasteiger partial charge is 0.337 e. The molecule has 15 heteroatoms. The van der Waals surface area contributed by atoms with Crippen LogP contribution in [0.3, 0.4) is 0 Å². The molecule has 0 saturated carbocycles. The maximum Gasteiger partial charge on any atom is 0.337 e. The number of allylic oxidation sites excluding steroid dienone is 1. The lowest BCUT2D eigenvalue weighted by Gasteiger charge is -2.28. The van der Waals surface area contributed by atoms with Crippen LogP contribution in [0.25, 0.3) is 0 Å². The van der Waals surface area contributed by atoms with E-state index in [1.54, 1.807) is 56.3 Å². The van der Waals surface area contributed by atoms with Gasteiger partial charge in [-0.3, -0.25) is 5.43 Å². The SMILES string of the molecule is CCOc1cc([C@H]2NC(=O)NC(C)=C2C(=O)OC)ccc1OC[C@@H](O)N/N=C\c1cc(OC)c(OCc2ccc(C(=O)O)cc2)cc1Br. The number of carbonyl (C=O) groups is 3. The number of hydrazone groups is 1. The Labute approximate surface area is 284 Å². The fourth-order valence-electron chi connectivity index (χ4n) is 4.64. The Bertz CT molecular complexity index is 1710. The van der Waals surface area contributed by atoms with E-state index in [1.807, 2.05) is 0 Å². The number of esters is 1. The number of aliphatic hydroxyl groups excluding tert-OH is 1. The first-order chi connectivity index (χ1) is 23.0. The summed E-state index contributed by atoms with van der Waals surface area (Å²) in [5.74, 6) is -0.0299. The van der Waals surface area contributed by atoms with Gasteiger partial charge in [-0.15, -0.1) is 0 Å². The molecule has 3 aromatic carbocycles. The number of aliphatic hydroxyl groups is 1. The highest BCUT2D eigenvalue weighted by Crippen LogP contribution is 2.35. The first-order valence-electron chi connectivity index (χ1n) is 14.6. The largest absolute Gasteiger partial charge is 0.493 e. The Morgan fingerprint density at radius 1 is 1.02 bits per heavy atom. The molecule has 0 radical (unpaired) electrons. The zero-order chi connectivity index (χ0) is 34.8. The average molecular weight is 728 g/mol. The number of rotatable bonds is 15. The van der Waals surface area contributed by atoms with E-state index in [2.05, 4.69) is 37.1 Å². The molecule has 2 atom stereocenters. The number of carboxylic acid groups (broad SMARTS) is 1. The molecule has 1 heterocycles. The number of carbonyl (C=O) groups excluding carboxylic acids is 2. The summed E-state index contributed by atoms with van der Waals surface area (Å²) in [5.41, 5.74) is 5.39. The van der Waals surface area contributed by atoms with E-state index in [0.717, 1.165) is 5.56 Å². The van der Waals surface area contributed by atoms with Crippen molar-refractivity contribution in [3.63, 3.8) is 0 Å². The molecule has 3 aromatic rings. The maximum atomic E-state index is 12.5. The molecule has 48 heavy (non-hydrogen) atoms. The predicted octanol–water partition coefficient (Wildman–Crippen LogP) is 4.26. The number of benzene rings is 3. The van der Waals surface area contributed by atoms with Gasteiger partial charge in [0.2, 0.25) is 0 Å². The first-order valence-corrected chi connectivity index (χ1v) is 15.4. The molecule has 0 saturated heterocycles. The quantitative estimate of drug-likeness (QED) is 0.0652. The lowest BCUT2D eigenvalue weighted by atomic mass is 9.95. The van der Waals surface area contributed by atoms with Crippen LogP contribution in [0.1, 0.15) is 46.9 Å². The minimum atomic E-state index is -1.20. The molecule has 1 aliphatic heterocycles. The number of hydrogen-bond acceptors (Lipinski definition) is 11. The van der Waals surface area contributed by atoms with Gasteiger partial charge in [-0.25, -0.2) is 14.4 Å².